The molecular formula is C61H54O21. The molecule has 4 heterocycles. The smallest absolute Gasteiger partial charge is 0.221 e. The third-order valence-electron chi connectivity index (χ3n) is 15.7. The zero-order valence-electron chi connectivity index (χ0n) is 43.7. The van der Waals surface area contributed by atoms with Crippen LogP contribution in [0.5, 0.6) is 103 Å². The van der Waals surface area contributed by atoms with Gasteiger partial charge in [0.1, 0.15) is 87.3 Å². The van der Waals surface area contributed by atoms with Gasteiger partial charge in [0.05, 0.1) is 16.9 Å². The van der Waals surface area contributed by atoms with E-state index in [1.54, 1.807) is 6.07 Å². The average Bonchev–Trinajstić information content (AvgIpc) is 2.10. The Hall–Kier alpha value is -10.0. The first-order valence-electron chi connectivity index (χ1n) is 25.9. The Kier molecular flexibility index (Phi) is 13.1. The molecule has 0 saturated heterocycles. The fourth-order valence-electron chi connectivity index (χ4n) is 11.8. The van der Waals surface area contributed by atoms with Crippen LogP contribution in [0.15, 0.2) is 94.5 Å². The zero-order chi connectivity index (χ0) is 58.7. The van der Waals surface area contributed by atoms with Crippen LogP contribution in [-0.4, -0.2) is 82.7 Å². The monoisotopic (exact) mass is 1120 g/mol. The maximum Gasteiger partial charge on any atom is 0.221 e. The van der Waals surface area contributed by atoms with Crippen molar-refractivity contribution in [2.45, 2.75) is 77.0 Å². The van der Waals surface area contributed by atoms with Crippen LogP contribution in [0.1, 0.15) is 89.7 Å². The van der Waals surface area contributed by atoms with Crippen molar-refractivity contribution in [2.75, 3.05) is 0 Å². The number of fused-ring (bicyclic) bond motifs is 6. The lowest BCUT2D eigenvalue weighted by molar-refractivity contribution is 0.0205. The zero-order valence-corrected chi connectivity index (χ0v) is 43.7. The number of rotatable bonds is 4. The summed E-state index contributed by atoms with van der Waals surface area (Å²) in [5.41, 5.74) is 1.13. The number of ether oxygens (including phenoxy) is 4. The van der Waals surface area contributed by atoms with Crippen molar-refractivity contribution < 1.29 is 95.5 Å². The molecule has 0 fully saturated rings. The molecule has 82 heavy (non-hydrogen) atoms. The van der Waals surface area contributed by atoms with E-state index in [1.807, 2.05) is 20.8 Å². The number of aliphatic hydroxyl groups is 1. The molecule has 0 spiro atoms. The molecule has 0 saturated carbocycles. The summed E-state index contributed by atoms with van der Waals surface area (Å²) in [4.78, 5) is 26.2. The summed E-state index contributed by atoms with van der Waals surface area (Å²) in [5.74, 6) is -5.94. The van der Waals surface area contributed by atoms with Gasteiger partial charge in [-0.2, -0.15) is 0 Å². The van der Waals surface area contributed by atoms with Crippen LogP contribution in [-0.2, 0) is 25.7 Å². The quantitative estimate of drug-likeness (QED) is 0.0737. The van der Waals surface area contributed by atoms with Crippen molar-refractivity contribution >= 4 is 21.5 Å². The van der Waals surface area contributed by atoms with Crippen LogP contribution in [0.25, 0.3) is 21.5 Å². The second-order valence-corrected chi connectivity index (χ2v) is 21.5. The Morgan fingerprint density at radius 3 is 1.01 bits per heavy atom. The number of benzene rings is 6. The summed E-state index contributed by atoms with van der Waals surface area (Å²) in [6.45, 7) is 5.56. The molecule has 0 unspecified atom stereocenters. The molecule has 4 aliphatic heterocycles. The van der Waals surface area contributed by atoms with E-state index in [4.69, 9.17) is 18.9 Å². The second-order valence-electron chi connectivity index (χ2n) is 21.5. The van der Waals surface area contributed by atoms with Crippen LogP contribution in [0.3, 0.4) is 0 Å². The van der Waals surface area contributed by atoms with Crippen molar-refractivity contribution in [3.8, 4) is 103 Å². The molecular weight excluding hydrogens is 1070 g/mol. The number of hydrogen-bond acceptors (Lipinski definition) is 21. The lowest BCUT2D eigenvalue weighted by Gasteiger charge is -2.33. The maximum absolute atomic E-state index is 13.1. The van der Waals surface area contributed by atoms with Crippen molar-refractivity contribution in [3.05, 3.63) is 150 Å². The first-order chi connectivity index (χ1) is 38.8. The summed E-state index contributed by atoms with van der Waals surface area (Å²) in [5, 5.41) is 156. The van der Waals surface area contributed by atoms with Gasteiger partial charge in [0, 0.05) is 106 Å². The van der Waals surface area contributed by atoms with Crippen molar-refractivity contribution in [2.24, 2.45) is 17.8 Å². The third-order valence-corrected chi connectivity index (χ3v) is 15.7. The van der Waals surface area contributed by atoms with E-state index >= 15 is 0 Å². The molecule has 8 aromatic carbocycles. The van der Waals surface area contributed by atoms with Crippen LogP contribution in [0, 0.1) is 17.8 Å². The maximum atomic E-state index is 13.1. The van der Waals surface area contributed by atoms with Crippen LogP contribution in [0.4, 0.5) is 0 Å². The van der Waals surface area contributed by atoms with Crippen LogP contribution < -0.4 is 29.8 Å². The molecule has 0 aromatic heterocycles. The van der Waals surface area contributed by atoms with Gasteiger partial charge in [-0.3, -0.25) is 9.59 Å². The Balaban J connectivity index is 0.000000172. The van der Waals surface area contributed by atoms with Gasteiger partial charge in [-0.25, -0.2) is 0 Å². The molecule has 0 aliphatic carbocycles. The molecule has 0 radical (unpaired) electrons. The molecule has 15 N–H and O–H groups in total. The second kappa shape index (κ2) is 20.0. The van der Waals surface area contributed by atoms with Gasteiger partial charge in [0.15, 0.2) is 40.6 Å². The van der Waals surface area contributed by atoms with E-state index in [0.717, 1.165) is 18.2 Å². The van der Waals surface area contributed by atoms with Crippen molar-refractivity contribution in [3.63, 3.8) is 0 Å². The summed E-state index contributed by atoms with van der Waals surface area (Å²) in [6, 6.07) is 17.9. The van der Waals surface area contributed by atoms with E-state index in [2.05, 4.69) is 0 Å². The van der Waals surface area contributed by atoms with Crippen LogP contribution in [0.2, 0.25) is 0 Å². The minimum absolute atomic E-state index is 0.0622. The first kappa shape index (κ1) is 54.0. The number of phenolic OH excluding ortho intramolecular Hbond substituents is 12. The molecule has 8 atom stereocenters. The normalized spacial score (nSPS) is 21.4. The number of phenols is 12. The minimum atomic E-state index is -1.28. The molecule has 12 rings (SSSR count). The van der Waals surface area contributed by atoms with E-state index in [1.165, 1.54) is 60.7 Å². The molecule has 0 bridgehead atoms. The van der Waals surface area contributed by atoms with E-state index < -0.39 is 75.9 Å². The lowest BCUT2D eigenvalue weighted by Crippen LogP contribution is -2.30. The molecule has 21 heteroatoms. The summed E-state index contributed by atoms with van der Waals surface area (Å²) >= 11 is 0. The summed E-state index contributed by atoms with van der Waals surface area (Å²) in [7, 11) is 0. The van der Waals surface area contributed by atoms with Gasteiger partial charge < -0.3 is 95.5 Å². The topological polar surface area (TPSA) is 375 Å². The van der Waals surface area contributed by atoms with E-state index in [9.17, 15) is 86.2 Å². The number of aromatic hydroxyl groups is 14. The minimum Gasteiger partial charge on any atom is -0.508 e. The average molecular weight is 1120 g/mol. The van der Waals surface area contributed by atoms with Gasteiger partial charge in [0.2, 0.25) is 10.9 Å². The Morgan fingerprint density at radius 1 is 0.341 bits per heavy atom. The molecule has 21 nitrogen and oxygen atoms in total. The fourth-order valence-corrected chi connectivity index (χ4v) is 11.8. The highest BCUT2D eigenvalue weighted by molar-refractivity contribution is 5.99. The summed E-state index contributed by atoms with van der Waals surface area (Å²) < 4.78 is 24.5. The first-order valence-corrected chi connectivity index (χ1v) is 25.9. The van der Waals surface area contributed by atoms with Gasteiger partial charge in [-0.1, -0.05) is 20.8 Å². The Morgan fingerprint density at radius 2 is 0.646 bits per heavy atom. The van der Waals surface area contributed by atoms with Gasteiger partial charge in [0.25, 0.3) is 0 Å². The number of aliphatic hydroxyl groups excluding tert-OH is 1. The van der Waals surface area contributed by atoms with Gasteiger partial charge >= 0.3 is 0 Å². The standard InChI is InChI=1S/C31H28O10.C30H26O11/c1-12-3-19-21(34)7-15(32)9-25(19)40-30(12)14-5-17-18(11-24(37)29(39)27(17)28(38)23(36)6-14)31-13(2)4-20-22(35)8-16(33)10-26(20)41-31;1-11-2-17-19(33)5-13(31)7-24(17)40-29(11)12-3-15-16(9-22(36)28(39)26(15)27(38)21(35)4-12)30-23(37)10-18-20(34)6-14(32)8-25(18)41-30/h5-13,30-35,37,39H,3-4H2,1-2H3,(H,36,38);3-9,11,23,29-34,36-37,39H,2,10H2,1H3,(H,35,38)/t12-,13-,30+,31+;11-,23+,29+,30-/m11/s1. The van der Waals surface area contributed by atoms with Crippen molar-refractivity contribution in [1.29, 1.82) is 0 Å². The van der Waals surface area contributed by atoms with E-state index in [-0.39, 0.29) is 131 Å². The highest BCUT2D eigenvalue weighted by Crippen LogP contribution is 2.53. The van der Waals surface area contributed by atoms with Gasteiger partial charge in [-0.15, -0.1) is 0 Å². The third kappa shape index (κ3) is 9.23. The predicted octanol–water partition coefficient (Wildman–Crippen LogP) is 8.25. The largest absolute Gasteiger partial charge is 0.508 e. The highest BCUT2D eigenvalue weighted by Gasteiger charge is 2.38. The SMILES string of the molecule is C[C@@H]1Cc2c(O)cc(O)cc2O[C@@H]1c1cc(=O)c(O)c2c(O)c(O)cc([C@H]3Oc4cc(O)cc(O)c4C[C@@H]3O)c2c1.C[C@@H]1Cc2c(O)cc(O)cc2O[C@@H]1c1cc(=O)c(O)c2c(O)c(O)cc([C@H]3Oc4cc(O)cc(O)c4C[C@H]3C)c2c1. The van der Waals surface area contributed by atoms with Crippen LogP contribution >= 0.6 is 0 Å². The molecule has 0 amide bonds. The fraction of sp³-hybridized carbons (Fsp3) is 0.246. The summed E-state index contributed by atoms with van der Waals surface area (Å²) in [6.07, 6.45) is -3.86. The Labute approximate surface area is 463 Å². The lowest BCUT2D eigenvalue weighted by atomic mass is 9.85. The predicted molar refractivity (Wildman–Crippen MR) is 291 cm³/mol. The van der Waals surface area contributed by atoms with Gasteiger partial charge in [-0.05, 0) is 77.6 Å². The molecule has 4 aliphatic rings. The Bertz CT molecular complexity index is 3860. The highest BCUT2D eigenvalue weighted by atomic mass is 16.5. The number of hydrogen-bond donors (Lipinski definition) is 15. The molecule has 424 valence electrons. The van der Waals surface area contributed by atoms with Crippen molar-refractivity contribution in [1.82, 2.24) is 0 Å². The van der Waals surface area contributed by atoms with E-state index in [0.29, 0.717) is 47.1 Å². The molecule has 8 aromatic rings.